The van der Waals surface area contributed by atoms with Gasteiger partial charge in [-0.05, 0) is 13.8 Å². The van der Waals surface area contributed by atoms with Gasteiger partial charge in [-0.2, -0.15) is 5.12 Å². The fraction of sp³-hybridized carbons (Fsp3) is 1.00. The lowest BCUT2D eigenvalue weighted by Gasteiger charge is -2.17. The number of nitrogens with one attached hydrogen (secondary N) is 1. The quantitative estimate of drug-likeness (QED) is 0.372. The van der Waals surface area contributed by atoms with E-state index in [0.717, 1.165) is 0 Å². The van der Waals surface area contributed by atoms with Crippen molar-refractivity contribution < 1.29 is 0 Å². The van der Waals surface area contributed by atoms with Gasteiger partial charge in [-0.1, -0.05) is 0 Å². The number of hydrogen-bond donors (Lipinski definition) is 2. The van der Waals surface area contributed by atoms with Crippen molar-refractivity contribution in [2.45, 2.75) is 19.9 Å². The Labute approximate surface area is 44.4 Å². The van der Waals surface area contributed by atoms with Crippen LogP contribution in [0.5, 0.6) is 0 Å². The minimum atomic E-state index is 0.366. The maximum absolute atomic E-state index is 5.34. The maximum Gasteiger partial charge on any atom is 0.0341 e. The highest BCUT2D eigenvalue weighted by molar-refractivity contribution is 4.43. The van der Waals surface area contributed by atoms with Crippen LogP contribution in [0.15, 0.2) is 0 Å². The van der Waals surface area contributed by atoms with Crippen molar-refractivity contribution in [3.8, 4) is 0 Å². The molecule has 0 unspecified atom stereocenters. The van der Waals surface area contributed by atoms with E-state index in [0.29, 0.717) is 6.04 Å². The van der Waals surface area contributed by atoms with Crippen LogP contribution < -0.4 is 11.3 Å². The first-order chi connectivity index (χ1) is 3.18. The number of hydrazine groups is 2. The molecule has 0 aromatic heterocycles. The molecule has 3 N–H and O–H groups in total. The molecular weight excluding hydrogens is 90.1 g/mol. The van der Waals surface area contributed by atoms with Gasteiger partial charge in [0.15, 0.2) is 0 Å². The summed E-state index contributed by atoms with van der Waals surface area (Å²) < 4.78 is 0. The Hall–Kier alpha value is -0.120. The van der Waals surface area contributed by atoms with Gasteiger partial charge in [0.2, 0.25) is 0 Å². The van der Waals surface area contributed by atoms with Crippen LogP contribution in [0.25, 0.3) is 0 Å². The van der Waals surface area contributed by atoms with Crippen molar-refractivity contribution in [3.05, 3.63) is 0 Å². The largest absolute Gasteiger partial charge is 0.255 e. The zero-order chi connectivity index (χ0) is 5.86. The minimum Gasteiger partial charge on any atom is -0.255 e. The molecule has 3 nitrogen and oxygen atoms in total. The Kier molecular flexibility index (Phi) is 2.91. The highest BCUT2D eigenvalue weighted by Gasteiger charge is 1.96. The van der Waals surface area contributed by atoms with Gasteiger partial charge in [-0.3, -0.25) is 5.84 Å². The monoisotopic (exact) mass is 103 g/mol. The molecule has 0 atom stereocenters. The number of nitrogens with two attached hydrogens (primary N) is 1. The van der Waals surface area contributed by atoms with E-state index in [9.17, 15) is 0 Å². The highest BCUT2D eigenvalue weighted by atomic mass is 15.7. The topological polar surface area (TPSA) is 41.3 Å². The lowest BCUT2D eigenvalue weighted by atomic mass is 10.4. The van der Waals surface area contributed by atoms with Gasteiger partial charge < -0.3 is 0 Å². The van der Waals surface area contributed by atoms with E-state index in [1.807, 2.05) is 13.8 Å². The van der Waals surface area contributed by atoms with Crippen molar-refractivity contribution in [1.82, 2.24) is 10.5 Å². The maximum atomic E-state index is 5.34. The predicted octanol–water partition coefficient (Wildman–Crippen LogP) is -0.295. The van der Waals surface area contributed by atoms with Crippen molar-refractivity contribution in [2.75, 3.05) is 7.05 Å². The smallest absolute Gasteiger partial charge is 0.0341 e. The molecule has 3 heteroatoms. The molecule has 0 saturated carbocycles. The van der Waals surface area contributed by atoms with E-state index in [1.165, 1.54) is 0 Å². The molecule has 7 heavy (non-hydrogen) atoms. The fourth-order valence-corrected chi connectivity index (χ4v) is 0.258. The van der Waals surface area contributed by atoms with E-state index in [2.05, 4.69) is 5.43 Å². The van der Waals surface area contributed by atoms with Crippen LogP contribution in [-0.2, 0) is 0 Å². The molecular formula is C4H13N3. The molecule has 0 radical (unpaired) electrons. The lowest BCUT2D eigenvalue weighted by molar-refractivity contribution is 0.164. The Morgan fingerprint density at radius 1 is 1.57 bits per heavy atom. The Balaban J connectivity index is 3.14. The minimum absolute atomic E-state index is 0.366. The molecule has 0 aliphatic heterocycles. The van der Waals surface area contributed by atoms with Crippen molar-refractivity contribution in [2.24, 2.45) is 5.84 Å². The molecule has 0 aliphatic carbocycles. The van der Waals surface area contributed by atoms with E-state index in [4.69, 9.17) is 5.84 Å². The summed E-state index contributed by atoms with van der Waals surface area (Å²) >= 11 is 0. The molecule has 0 aromatic carbocycles. The van der Waals surface area contributed by atoms with Gasteiger partial charge in [-0.25, -0.2) is 5.43 Å². The molecule has 0 fully saturated rings. The van der Waals surface area contributed by atoms with Gasteiger partial charge in [0, 0.05) is 13.1 Å². The predicted molar refractivity (Wildman–Crippen MR) is 30.2 cm³/mol. The summed E-state index contributed by atoms with van der Waals surface area (Å²) in [6, 6.07) is 0.366. The summed E-state index contributed by atoms with van der Waals surface area (Å²) in [6.07, 6.45) is 0. The second-order valence-electron chi connectivity index (χ2n) is 1.72. The van der Waals surface area contributed by atoms with E-state index in [-0.39, 0.29) is 0 Å². The lowest BCUT2D eigenvalue weighted by Crippen LogP contribution is -2.46. The highest BCUT2D eigenvalue weighted by Crippen LogP contribution is 1.80. The molecule has 0 rings (SSSR count). The molecule has 0 aromatic rings. The van der Waals surface area contributed by atoms with Crippen LogP contribution in [0.3, 0.4) is 0 Å². The zero-order valence-corrected chi connectivity index (χ0v) is 5.10. The third-order valence-electron chi connectivity index (χ3n) is 0.815. The second-order valence-corrected chi connectivity index (χ2v) is 1.72. The summed E-state index contributed by atoms with van der Waals surface area (Å²) in [5, 5.41) is 1.54. The van der Waals surface area contributed by atoms with Gasteiger partial charge in [-0.15, -0.1) is 0 Å². The molecule has 0 saturated heterocycles. The SMILES string of the molecule is CNN(N)C(C)C. The van der Waals surface area contributed by atoms with Gasteiger partial charge >= 0.3 is 0 Å². The summed E-state index contributed by atoms with van der Waals surface area (Å²) in [7, 11) is 1.79. The van der Waals surface area contributed by atoms with Crippen LogP contribution in [-0.4, -0.2) is 18.2 Å². The summed E-state index contributed by atoms with van der Waals surface area (Å²) in [4.78, 5) is 0. The third kappa shape index (κ3) is 2.56. The van der Waals surface area contributed by atoms with Crippen LogP contribution >= 0.6 is 0 Å². The first-order valence-corrected chi connectivity index (χ1v) is 2.39. The van der Waals surface area contributed by atoms with Crippen molar-refractivity contribution >= 4 is 0 Å². The summed E-state index contributed by atoms with van der Waals surface area (Å²) in [5.74, 6) is 5.34. The normalized spacial score (nSPS) is 11.1. The van der Waals surface area contributed by atoms with Crippen LogP contribution in [0.2, 0.25) is 0 Å². The molecule has 0 aliphatic rings. The van der Waals surface area contributed by atoms with Gasteiger partial charge in [0.25, 0.3) is 0 Å². The van der Waals surface area contributed by atoms with E-state index in [1.54, 1.807) is 12.2 Å². The average Bonchev–Trinajstić information content (AvgIpc) is 1.65. The fourth-order valence-electron chi connectivity index (χ4n) is 0.258. The van der Waals surface area contributed by atoms with Crippen molar-refractivity contribution in [1.29, 1.82) is 0 Å². The molecule has 0 bridgehead atoms. The van der Waals surface area contributed by atoms with Gasteiger partial charge in [0.05, 0.1) is 0 Å². The van der Waals surface area contributed by atoms with Gasteiger partial charge in [0.1, 0.15) is 0 Å². The second kappa shape index (κ2) is 2.96. The summed E-state index contributed by atoms with van der Waals surface area (Å²) in [6.45, 7) is 4.02. The molecule has 0 amide bonds. The Morgan fingerprint density at radius 3 is 2.00 bits per heavy atom. The third-order valence-corrected chi connectivity index (χ3v) is 0.815. The standard InChI is InChI=1S/C4H13N3/c1-4(2)7(5)6-3/h4,6H,5H2,1-3H3. The number of rotatable bonds is 2. The first-order valence-electron chi connectivity index (χ1n) is 2.39. The number of nitrogens with zero attached hydrogens (tertiary/aromatic N) is 1. The number of hydrogen-bond acceptors (Lipinski definition) is 3. The Bertz CT molecular complexity index is 44.2. The molecule has 0 heterocycles. The zero-order valence-electron chi connectivity index (χ0n) is 5.10. The Morgan fingerprint density at radius 2 is 2.00 bits per heavy atom. The van der Waals surface area contributed by atoms with Crippen molar-refractivity contribution in [3.63, 3.8) is 0 Å². The molecule has 44 valence electrons. The van der Waals surface area contributed by atoms with Crippen LogP contribution in [0.1, 0.15) is 13.8 Å². The van der Waals surface area contributed by atoms with E-state index < -0.39 is 0 Å². The summed E-state index contributed by atoms with van der Waals surface area (Å²) in [5.41, 5.74) is 2.78. The van der Waals surface area contributed by atoms with Crippen LogP contribution in [0, 0.1) is 0 Å². The van der Waals surface area contributed by atoms with E-state index >= 15 is 0 Å². The first kappa shape index (κ1) is 6.88. The average molecular weight is 103 g/mol. The molecule has 0 spiro atoms. The van der Waals surface area contributed by atoms with Crippen LogP contribution in [0.4, 0.5) is 0 Å².